The minimum atomic E-state index is -0.713. The Balaban J connectivity index is 2.16. The largest absolute Gasteiger partial charge is 0.384 e. The summed E-state index contributed by atoms with van der Waals surface area (Å²) in [4.78, 5) is 35.3. The number of carbonyl (C=O) groups excluding carboxylic acids is 2. The van der Waals surface area contributed by atoms with E-state index in [1.54, 1.807) is 30.2 Å². The summed E-state index contributed by atoms with van der Waals surface area (Å²) in [7, 11) is 0. The van der Waals surface area contributed by atoms with Crippen molar-refractivity contribution in [3.8, 4) is 0 Å². The van der Waals surface area contributed by atoms with Crippen LogP contribution in [0.5, 0.6) is 0 Å². The highest BCUT2D eigenvalue weighted by Crippen LogP contribution is 2.26. The van der Waals surface area contributed by atoms with Gasteiger partial charge in [0.25, 0.3) is 0 Å². The lowest BCUT2D eigenvalue weighted by Gasteiger charge is -2.38. The number of nitrogens with two attached hydrogens (primary N) is 2. The first-order valence-electron chi connectivity index (χ1n) is 9.77. The summed E-state index contributed by atoms with van der Waals surface area (Å²) in [5, 5.41) is 2.63. The Labute approximate surface area is 171 Å². The number of piperidine rings is 1. The van der Waals surface area contributed by atoms with E-state index in [9.17, 15) is 9.59 Å². The van der Waals surface area contributed by atoms with E-state index in [0.29, 0.717) is 48.2 Å². The van der Waals surface area contributed by atoms with Crippen LogP contribution in [0.15, 0.2) is 41.3 Å². The number of rotatable bonds is 5. The Morgan fingerprint density at radius 2 is 2.17 bits per heavy atom. The van der Waals surface area contributed by atoms with Crippen molar-refractivity contribution in [3.63, 3.8) is 0 Å². The van der Waals surface area contributed by atoms with Crippen molar-refractivity contribution in [2.45, 2.75) is 46.1 Å². The van der Waals surface area contributed by atoms with E-state index in [4.69, 9.17) is 11.5 Å². The molecule has 0 unspecified atom stereocenters. The average Bonchev–Trinajstić information content (AvgIpc) is 2.72. The molecule has 0 bridgehead atoms. The standard InChI is InChI=1S/C21H30N6O2/c1-5-15-9-16(11-25-19(15)23)26-20(28)21(29)27-12-13(3)7-8-17(27)14(4)10-24-18(22)6-2/h6,9-11,13,17H,4-5,7-8,12,22H2,1-3H3,(H2,23,25)(H,26,28)/b18-6-,24-10-/t13-,17+/m1/s1. The number of likely N-dealkylation sites (tertiary alicyclic amines) is 1. The molecule has 1 aliphatic rings. The van der Waals surface area contributed by atoms with Crippen molar-refractivity contribution >= 4 is 29.5 Å². The molecular formula is C21H30N6O2. The lowest BCUT2D eigenvalue weighted by atomic mass is 9.90. The van der Waals surface area contributed by atoms with Gasteiger partial charge >= 0.3 is 11.8 Å². The SMILES string of the molecule is C=C(/C=N\C(N)=C/C)[C@@H]1CC[C@@H](C)CN1C(=O)C(=O)Nc1cnc(N)c(CC)c1. The predicted octanol–water partition coefficient (Wildman–Crippen LogP) is 2.24. The second-order valence-corrected chi connectivity index (χ2v) is 7.28. The molecule has 1 saturated heterocycles. The number of aryl methyl sites for hydroxylation is 1. The van der Waals surface area contributed by atoms with E-state index in [1.807, 2.05) is 6.92 Å². The Hall–Kier alpha value is -3.16. The lowest BCUT2D eigenvalue weighted by molar-refractivity contribution is -0.145. The third kappa shape index (κ3) is 5.66. The van der Waals surface area contributed by atoms with Crippen LogP contribution in [0.1, 0.15) is 39.2 Å². The fourth-order valence-electron chi connectivity index (χ4n) is 3.27. The number of nitrogens with one attached hydrogen (secondary N) is 1. The molecule has 1 aromatic heterocycles. The Morgan fingerprint density at radius 3 is 2.83 bits per heavy atom. The van der Waals surface area contributed by atoms with E-state index in [-0.39, 0.29) is 6.04 Å². The number of pyridine rings is 1. The number of amides is 2. The van der Waals surface area contributed by atoms with Gasteiger partial charge in [-0.1, -0.05) is 20.4 Å². The van der Waals surface area contributed by atoms with E-state index in [2.05, 4.69) is 28.8 Å². The summed E-state index contributed by atoms with van der Waals surface area (Å²) in [5.74, 6) is -0.245. The van der Waals surface area contributed by atoms with Gasteiger partial charge < -0.3 is 21.7 Å². The quantitative estimate of drug-likeness (QED) is 0.518. The average molecular weight is 399 g/mol. The number of nitrogens with zero attached hydrogens (tertiary/aromatic N) is 3. The van der Waals surface area contributed by atoms with Gasteiger partial charge in [0.15, 0.2) is 0 Å². The summed E-state index contributed by atoms with van der Waals surface area (Å²) in [6, 6.07) is 1.43. The minimum Gasteiger partial charge on any atom is -0.384 e. The van der Waals surface area contributed by atoms with Gasteiger partial charge in [0.2, 0.25) is 0 Å². The van der Waals surface area contributed by atoms with Gasteiger partial charge in [-0.3, -0.25) is 9.59 Å². The third-order valence-corrected chi connectivity index (χ3v) is 5.02. The van der Waals surface area contributed by atoms with E-state index < -0.39 is 11.8 Å². The zero-order valence-corrected chi connectivity index (χ0v) is 17.3. The van der Waals surface area contributed by atoms with Crippen molar-refractivity contribution in [3.05, 3.63) is 41.9 Å². The van der Waals surface area contributed by atoms with Crippen LogP contribution in [0.25, 0.3) is 0 Å². The molecule has 1 aliphatic heterocycles. The maximum Gasteiger partial charge on any atom is 0.313 e. The lowest BCUT2D eigenvalue weighted by Crippen LogP contribution is -2.51. The molecule has 2 amide bonds. The summed E-state index contributed by atoms with van der Waals surface area (Å²) >= 11 is 0. The van der Waals surface area contributed by atoms with Crippen LogP contribution < -0.4 is 16.8 Å². The molecule has 2 rings (SSSR count). The van der Waals surface area contributed by atoms with Gasteiger partial charge in [-0.25, -0.2) is 9.98 Å². The van der Waals surface area contributed by atoms with Crippen LogP contribution in [0.3, 0.4) is 0 Å². The molecule has 2 heterocycles. The van der Waals surface area contributed by atoms with Crippen LogP contribution >= 0.6 is 0 Å². The molecule has 29 heavy (non-hydrogen) atoms. The Kier molecular flexibility index (Phi) is 7.52. The molecule has 1 fully saturated rings. The molecule has 8 nitrogen and oxygen atoms in total. The predicted molar refractivity (Wildman–Crippen MR) is 116 cm³/mol. The molecule has 0 radical (unpaired) electrons. The van der Waals surface area contributed by atoms with Crippen LogP contribution in [-0.4, -0.2) is 40.5 Å². The Morgan fingerprint density at radius 1 is 1.45 bits per heavy atom. The van der Waals surface area contributed by atoms with Gasteiger partial charge in [0.05, 0.1) is 17.9 Å². The maximum atomic E-state index is 12.9. The number of aliphatic imine (C=N–C) groups is 1. The number of allylic oxidation sites excluding steroid dienone is 1. The van der Waals surface area contributed by atoms with Gasteiger partial charge in [-0.2, -0.15) is 0 Å². The maximum absolute atomic E-state index is 12.9. The first kappa shape index (κ1) is 22.1. The van der Waals surface area contributed by atoms with Crippen LogP contribution in [-0.2, 0) is 16.0 Å². The second-order valence-electron chi connectivity index (χ2n) is 7.28. The first-order chi connectivity index (χ1) is 13.8. The number of hydrogen-bond donors (Lipinski definition) is 3. The molecule has 1 aromatic rings. The van der Waals surface area contributed by atoms with Crippen molar-refractivity contribution < 1.29 is 9.59 Å². The third-order valence-electron chi connectivity index (χ3n) is 5.02. The van der Waals surface area contributed by atoms with Crippen molar-refractivity contribution in [1.29, 1.82) is 0 Å². The minimum absolute atomic E-state index is 0.290. The highest BCUT2D eigenvalue weighted by molar-refractivity contribution is 6.39. The zero-order chi connectivity index (χ0) is 21.6. The van der Waals surface area contributed by atoms with Crippen molar-refractivity contribution in [1.82, 2.24) is 9.88 Å². The molecule has 156 valence electrons. The van der Waals surface area contributed by atoms with Gasteiger partial charge in [0, 0.05) is 12.8 Å². The molecule has 8 heteroatoms. The van der Waals surface area contributed by atoms with E-state index >= 15 is 0 Å². The van der Waals surface area contributed by atoms with Gasteiger partial charge in [0.1, 0.15) is 11.6 Å². The molecule has 2 atom stereocenters. The highest BCUT2D eigenvalue weighted by Gasteiger charge is 2.34. The smallest absolute Gasteiger partial charge is 0.313 e. The van der Waals surface area contributed by atoms with Crippen LogP contribution in [0.4, 0.5) is 11.5 Å². The molecule has 0 aromatic carbocycles. The molecule has 5 N–H and O–H groups in total. The molecule has 0 spiro atoms. The van der Waals surface area contributed by atoms with Crippen molar-refractivity contribution in [2.24, 2.45) is 16.6 Å². The second kappa shape index (κ2) is 9.86. The monoisotopic (exact) mass is 398 g/mol. The summed E-state index contributed by atoms with van der Waals surface area (Å²) < 4.78 is 0. The summed E-state index contributed by atoms with van der Waals surface area (Å²) in [5.41, 5.74) is 13.4. The van der Waals surface area contributed by atoms with Crippen molar-refractivity contribution in [2.75, 3.05) is 17.6 Å². The van der Waals surface area contributed by atoms with E-state index in [1.165, 1.54) is 6.20 Å². The van der Waals surface area contributed by atoms with E-state index in [0.717, 1.165) is 12.0 Å². The number of anilines is 2. The summed E-state index contributed by atoms with van der Waals surface area (Å²) in [6.07, 6.45) is 7.01. The molecule has 0 saturated carbocycles. The van der Waals surface area contributed by atoms with Gasteiger partial charge in [-0.05, 0) is 55.4 Å². The number of nitrogen functional groups attached to an aromatic ring is 1. The fraction of sp³-hybridized carbons (Fsp3) is 0.429. The first-order valence-corrected chi connectivity index (χ1v) is 9.77. The van der Waals surface area contributed by atoms with Crippen LogP contribution in [0.2, 0.25) is 0 Å². The van der Waals surface area contributed by atoms with Gasteiger partial charge in [-0.15, -0.1) is 0 Å². The topological polar surface area (TPSA) is 127 Å². The normalized spacial score (nSPS) is 20.0. The highest BCUT2D eigenvalue weighted by atomic mass is 16.2. The Bertz CT molecular complexity index is 846. The molecule has 0 aliphatic carbocycles. The zero-order valence-electron chi connectivity index (χ0n) is 17.3. The molecular weight excluding hydrogens is 368 g/mol. The summed E-state index contributed by atoms with van der Waals surface area (Å²) in [6.45, 7) is 10.3. The van der Waals surface area contributed by atoms with Crippen LogP contribution in [0, 0.1) is 5.92 Å². The fourth-order valence-corrected chi connectivity index (χ4v) is 3.27. The number of carbonyl (C=O) groups is 2. The number of aromatic nitrogens is 1. The number of hydrogen-bond acceptors (Lipinski definition) is 6.